The van der Waals surface area contributed by atoms with Crippen molar-refractivity contribution in [1.82, 2.24) is 0 Å². The third-order valence-electron chi connectivity index (χ3n) is 7.19. The average molecular weight is 1210 g/mol. The van der Waals surface area contributed by atoms with Crippen molar-refractivity contribution in [2.75, 3.05) is 0 Å². The number of carboxylic acid groups (broad SMARTS) is 7. The second kappa shape index (κ2) is 46.4. The summed E-state index contributed by atoms with van der Waals surface area (Å²) in [6, 6.07) is 28.2. The molecule has 390 valence electrons. The van der Waals surface area contributed by atoms with Crippen molar-refractivity contribution >= 4 is 60.5 Å². The molecule has 4 aromatic carbocycles. The van der Waals surface area contributed by atoms with E-state index in [1.807, 2.05) is 6.92 Å². The number of nitriles is 1. The zero-order valence-electron chi connectivity index (χ0n) is 37.4. The van der Waals surface area contributed by atoms with Crippen LogP contribution in [0.1, 0.15) is 107 Å². The number of hydrogen-bond acceptors (Lipinski definition) is 12. The van der Waals surface area contributed by atoms with E-state index in [-0.39, 0.29) is 86.1 Å². The van der Waals surface area contributed by atoms with Gasteiger partial charge >= 0.3 is 30.1 Å². The number of benzene rings is 4. The Bertz CT molecular complexity index is 2180. The van der Waals surface area contributed by atoms with Crippen LogP contribution in [0.15, 0.2) is 114 Å². The quantitative estimate of drug-likeness (QED) is 0.0208. The zero-order valence-corrected chi connectivity index (χ0v) is 42.7. The Morgan fingerprint density at radius 3 is 1.43 bits per heavy atom. The molecule has 0 heterocycles. The molecule has 24 heteroatoms. The minimum absolute atomic E-state index is 0. The van der Waals surface area contributed by atoms with Crippen molar-refractivity contribution in [3.63, 3.8) is 0 Å². The van der Waals surface area contributed by atoms with E-state index in [9.17, 15) is 52.5 Å². The van der Waals surface area contributed by atoms with E-state index in [2.05, 4.69) is 6.92 Å². The smallest absolute Gasteiger partial charge is 0.490 e. The number of nitrogens with zero attached hydrogens (tertiary/aromatic N) is 1. The molecule has 0 radical (unpaired) electrons. The number of hydrogen-bond donors (Lipinski definition) is 5. The van der Waals surface area contributed by atoms with Gasteiger partial charge in [0.1, 0.15) is 11.6 Å². The van der Waals surface area contributed by atoms with Crippen molar-refractivity contribution in [1.29, 1.82) is 5.26 Å². The van der Waals surface area contributed by atoms with Crippen LogP contribution in [0.5, 0.6) is 5.75 Å². The van der Waals surface area contributed by atoms with Gasteiger partial charge in [-0.3, -0.25) is 9.59 Å². The number of unbranched alkanes of at least 4 members (excludes halogenated alkanes) is 6. The van der Waals surface area contributed by atoms with E-state index in [0.717, 1.165) is 25.3 Å². The Morgan fingerprint density at radius 1 is 0.700 bits per heavy atom. The van der Waals surface area contributed by atoms with Crippen molar-refractivity contribution in [3.8, 4) is 11.8 Å². The first kappa shape index (κ1) is 77.8. The lowest BCUT2D eigenvalue weighted by Crippen LogP contribution is -3.00. The predicted molar refractivity (Wildman–Crippen MR) is 230 cm³/mol. The molecule has 0 saturated carbocycles. The Kier molecular flexibility index (Phi) is 51.6. The molecule has 0 amide bonds. The Balaban J connectivity index is -0.000000134. The van der Waals surface area contributed by atoms with Gasteiger partial charge in [-0.2, -0.15) is 23.3 Å². The standard InChI is InChI=1S/C10H7NO3.C10H20O2.C8H8O2.C7H6O2S.C7H6O2.C2HF3O2.C2H4O2.BrH.ClH.FH.HI/c11-6-8(10(13)14)5-7-1-3-9(12)4-2-7;1-2-3-4-5-6-7-8-9-10(11)12;1-6-2-4-7(5-3-6)8(9)10;8-7(9)5-3-1-2-4-6(5)10;8-7(9)6-4-2-1-3-5-6;3-2(4,5)1(6)7;1-2(3)4;;;;/h1-5,12H,(H,13,14);2-9H2,1H3,(H,11,12);2-5H,1H3,(H,9,10);1-4,10H,(H,8,9);1-5H,(H,8,9);(H,6,7);1H3,(H,3,4);4*1H/p-8/b8-5+;;;;;;;;;;. The number of aryl methyl sites for hydroxylation is 1. The third-order valence-corrected chi connectivity index (χ3v) is 7.55. The maximum absolute atomic E-state index is 10.7. The van der Waals surface area contributed by atoms with Gasteiger partial charge < -0.3 is 121 Å². The summed E-state index contributed by atoms with van der Waals surface area (Å²) in [4.78, 5) is 69.5. The molecule has 0 aliphatic heterocycles. The highest BCUT2D eigenvalue weighted by Crippen LogP contribution is 2.13. The summed E-state index contributed by atoms with van der Waals surface area (Å²) < 4.78 is 31.7. The van der Waals surface area contributed by atoms with Crippen LogP contribution in [-0.2, 0) is 31.8 Å². The Morgan fingerprint density at radius 2 is 1.10 bits per heavy atom. The van der Waals surface area contributed by atoms with E-state index in [0.29, 0.717) is 16.9 Å². The van der Waals surface area contributed by atoms with Crippen molar-refractivity contribution in [2.24, 2.45) is 0 Å². The minimum atomic E-state index is -5.08. The summed E-state index contributed by atoms with van der Waals surface area (Å²) in [6.07, 6.45) is 4.77. The summed E-state index contributed by atoms with van der Waals surface area (Å²) in [7, 11) is 0. The van der Waals surface area contributed by atoms with Gasteiger partial charge in [-0.1, -0.05) is 148 Å². The van der Waals surface area contributed by atoms with Gasteiger partial charge in [-0.25, -0.2) is 14.4 Å². The highest BCUT2D eigenvalue weighted by atomic mass is 127. The van der Waals surface area contributed by atoms with Gasteiger partial charge in [0, 0.05) is 18.9 Å². The first-order valence-electron chi connectivity index (χ1n) is 19.2. The molecule has 0 unspecified atom stereocenters. The number of carbonyl (C=O) groups excluding carboxylic acids is 2. The molecule has 0 aliphatic rings. The highest BCUT2D eigenvalue weighted by molar-refractivity contribution is 7.58. The van der Waals surface area contributed by atoms with Crippen molar-refractivity contribution in [3.05, 3.63) is 137 Å². The summed E-state index contributed by atoms with van der Waals surface area (Å²) in [5, 5.41) is 79.4. The van der Waals surface area contributed by atoms with Crippen LogP contribution in [0, 0.1) is 18.3 Å². The third kappa shape index (κ3) is 46.7. The number of carbonyl (C=O) groups is 7. The van der Waals surface area contributed by atoms with E-state index in [1.165, 1.54) is 92.8 Å². The van der Waals surface area contributed by atoms with Gasteiger partial charge in [0.15, 0.2) is 0 Å². The van der Waals surface area contributed by atoms with Gasteiger partial charge in [0.05, 0.1) is 11.9 Å². The Hall–Kier alpha value is -6.36. The van der Waals surface area contributed by atoms with Gasteiger partial charge in [-0.05, 0) is 42.2 Å². The maximum atomic E-state index is 10.7. The molecule has 16 nitrogen and oxygen atoms in total. The molecular formula is C46H48BrClF4INO15S-8. The largest absolute Gasteiger partial charge is 1.00 e. The van der Waals surface area contributed by atoms with Gasteiger partial charge in [-0.15, -0.1) is 5.75 Å². The van der Waals surface area contributed by atoms with Crippen molar-refractivity contribution < 1.29 is 146 Å². The van der Waals surface area contributed by atoms with Crippen LogP contribution in [0.4, 0.5) is 13.2 Å². The normalized spacial score (nSPS) is 9.13. The molecule has 0 fully saturated rings. The van der Waals surface area contributed by atoms with Crippen LogP contribution < -0.4 is 73.4 Å². The summed E-state index contributed by atoms with van der Waals surface area (Å²) in [5.41, 5.74) is 1.85. The molecule has 5 N–H and O–H groups in total. The topological polar surface area (TPSA) is 314 Å². The van der Waals surface area contributed by atoms with Crippen LogP contribution in [0.25, 0.3) is 6.08 Å². The number of halogens is 7. The lowest BCUT2D eigenvalue weighted by Gasteiger charge is -2.07. The molecule has 0 atom stereocenters. The fourth-order valence-electron chi connectivity index (χ4n) is 4.01. The van der Waals surface area contributed by atoms with E-state index in [1.54, 1.807) is 54.6 Å². The first-order chi connectivity index (χ1) is 30.8. The molecule has 4 aromatic rings. The molecular weight excluding hydrogens is 1160 g/mol. The number of alkyl halides is 3. The first-order valence-corrected chi connectivity index (χ1v) is 19.6. The highest BCUT2D eigenvalue weighted by Gasteiger charge is 2.38. The van der Waals surface area contributed by atoms with Crippen molar-refractivity contribution in [2.45, 2.75) is 83.2 Å². The molecule has 0 aromatic heterocycles. The summed E-state index contributed by atoms with van der Waals surface area (Å²) in [6.45, 7) is 5.18. The maximum Gasteiger partial charge on any atom is 0.490 e. The van der Waals surface area contributed by atoms with Gasteiger partial charge in [0.25, 0.3) is 5.97 Å². The summed E-state index contributed by atoms with van der Waals surface area (Å²) >= 11 is 4.75. The fourth-order valence-corrected chi connectivity index (χ4v) is 4.25. The zero-order chi connectivity index (χ0) is 51.3. The molecule has 70 heavy (non-hydrogen) atoms. The molecule has 4 rings (SSSR count). The molecule has 0 aliphatic carbocycles. The predicted octanol–water partition coefficient (Wildman–Crippen LogP) is -5.60. The van der Waals surface area contributed by atoms with Crippen LogP contribution >= 0.6 is 0 Å². The number of rotatable bonds is 13. The lowest BCUT2D eigenvalue weighted by atomic mass is 10.1. The minimum Gasteiger partial charge on any atom is -1.00 e. The Labute approximate surface area is 440 Å². The SMILES string of the molecule is CC(=O)O.CCCCCCCCCC(=O)O.Cc1ccc(C(=O)[O-])cc1.N#C/C(=C\c1ccc([O-])cc1)C(=O)O.O=C(O)C(F)(F)F.O=C(O)c1ccccc1[S-].O=C([O-])c1ccccc1.[Br-].[Cl-].[F-].[I-]. The summed E-state index contributed by atoms with van der Waals surface area (Å²) in [5.74, 6) is -8.91. The fraction of sp³-hybridized carbons (Fsp3) is 0.261. The lowest BCUT2D eigenvalue weighted by molar-refractivity contribution is -0.268. The number of aliphatic carboxylic acids is 4. The van der Waals surface area contributed by atoms with E-state index >= 15 is 0 Å². The van der Waals surface area contributed by atoms with Crippen LogP contribution in [0.2, 0.25) is 0 Å². The van der Waals surface area contributed by atoms with E-state index < -0.39 is 48.0 Å². The van der Waals surface area contributed by atoms with Crippen LogP contribution in [-0.4, -0.2) is 73.5 Å². The monoisotopic (exact) mass is 1200 g/mol. The molecule has 0 spiro atoms. The van der Waals surface area contributed by atoms with Crippen LogP contribution in [0.3, 0.4) is 0 Å². The van der Waals surface area contributed by atoms with Gasteiger partial charge in [0.2, 0.25) is 0 Å². The molecule has 0 saturated heterocycles. The average Bonchev–Trinajstić information content (AvgIpc) is 3.24. The second-order valence-corrected chi connectivity index (χ2v) is 13.2. The number of aromatic carboxylic acids is 3. The van der Waals surface area contributed by atoms with E-state index in [4.69, 9.17) is 53.0 Å². The molecule has 0 bridgehead atoms. The number of carboxylic acids is 7. The second-order valence-electron chi connectivity index (χ2n) is 12.7.